The van der Waals surface area contributed by atoms with E-state index in [2.05, 4.69) is 37.4 Å². The minimum atomic E-state index is -0.689. The molecule has 3 aromatic rings. The van der Waals surface area contributed by atoms with Crippen LogP contribution in [0.25, 0.3) is 11.3 Å². The normalized spacial score (nSPS) is 18.3. The van der Waals surface area contributed by atoms with Crippen molar-refractivity contribution in [1.82, 2.24) is 30.1 Å². The average molecular weight is 621 g/mol. The lowest BCUT2D eigenvalue weighted by molar-refractivity contribution is -0.122. The minimum absolute atomic E-state index is 0.148. The highest BCUT2D eigenvalue weighted by Crippen LogP contribution is 2.32. The molecule has 2 saturated heterocycles. The van der Waals surface area contributed by atoms with Gasteiger partial charge in [0.2, 0.25) is 11.9 Å². The molecule has 5 heterocycles. The Labute approximate surface area is 261 Å². The lowest BCUT2D eigenvalue weighted by Gasteiger charge is -2.33. The van der Waals surface area contributed by atoms with Crippen molar-refractivity contribution < 1.29 is 19.4 Å². The van der Waals surface area contributed by atoms with Gasteiger partial charge in [-0.2, -0.15) is 0 Å². The minimum Gasteiger partial charge on any atom is -0.394 e. The summed E-state index contributed by atoms with van der Waals surface area (Å²) in [5.41, 5.74) is 3.12. The second kappa shape index (κ2) is 13.4. The maximum absolute atomic E-state index is 13.4. The highest BCUT2D eigenvalue weighted by Gasteiger charge is 2.30. The molecule has 2 amide bonds. The molecule has 232 valence electrons. The number of aliphatic hydroxyl groups excluding tert-OH is 1. The predicted octanol–water partition coefficient (Wildman–Crippen LogP) is 2.34. The van der Waals surface area contributed by atoms with Crippen molar-refractivity contribution in [2.75, 3.05) is 69.8 Å². The molecule has 0 saturated carbocycles. The standard InChI is InChI=1S/C31H37ClN8O4/c1-38-9-11-39(12-10-38)27-4-2-3-25(35-27)26(19-41)36-28(42)18-40-17-21-6-5-20(15-23(21)30(40)43)29-24(32)16-33-31(37-29)34-22-7-13-44-14-8-22/h2-6,15-16,22,26,41H,7-14,17-19H2,1H3,(H,36,42)(H,33,34,37)/t26-/m1/s1. The number of piperazine rings is 1. The highest BCUT2D eigenvalue weighted by atomic mass is 35.5. The molecule has 0 aliphatic carbocycles. The van der Waals surface area contributed by atoms with E-state index in [1.807, 2.05) is 24.3 Å². The number of hydrogen-bond donors (Lipinski definition) is 3. The van der Waals surface area contributed by atoms with E-state index in [4.69, 9.17) is 21.3 Å². The van der Waals surface area contributed by atoms with E-state index in [0.29, 0.717) is 53.2 Å². The summed E-state index contributed by atoms with van der Waals surface area (Å²) >= 11 is 6.48. The zero-order chi connectivity index (χ0) is 30.6. The van der Waals surface area contributed by atoms with Gasteiger partial charge in [-0.1, -0.05) is 29.8 Å². The van der Waals surface area contributed by atoms with Crippen LogP contribution in [0.2, 0.25) is 5.02 Å². The lowest BCUT2D eigenvalue weighted by Crippen LogP contribution is -2.45. The van der Waals surface area contributed by atoms with Crippen molar-refractivity contribution in [3.05, 3.63) is 64.4 Å². The molecule has 2 fully saturated rings. The summed E-state index contributed by atoms with van der Waals surface area (Å²) in [6.07, 6.45) is 3.30. The Balaban J connectivity index is 1.10. The van der Waals surface area contributed by atoms with Gasteiger partial charge in [0, 0.05) is 63.1 Å². The summed E-state index contributed by atoms with van der Waals surface area (Å²) in [4.78, 5) is 46.1. The Hall–Kier alpha value is -3.84. The number of likely N-dealkylation sites (N-methyl/N-ethyl adjacent to an activating group) is 1. The number of fused-ring (bicyclic) bond motifs is 1. The Bertz CT molecular complexity index is 1510. The summed E-state index contributed by atoms with van der Waals surface area (Å²) in [7, 11) is 2.09. The van der Waals surface area contributed by atoms with Crippen LogP contribution in [0.5, 0.6) is 0 Å². The molecule has 12 nitrogen and oxygen atoms in total. The fraction of sp³-hybridized carbons (Fsp3) is 0.452. The van der Waals surface area contributed by atoms with Gasteiger partial charge >= 0.3 is 0 Å². The molecule has 0 unspecified atom stereocenters. The molecule has 0 spiro atoms. The number of anilines is 2. The maximum Gasteiger partial charge on any atom is 0.254 e. The van der Waals surface area contributed by atoms with E-state index in [-0.39, 0.29) is 31.0 Å². The van der Waals surface area contributed by atoms with Gasteiger partial charge in [-0.05, 0) is 43.7 Å². The van der Waals surface area contributed by atoms with E-state index >= 15 is 0 Å². The molecule has 2 aromatic heterocycles. The number of halogens is 1. The van der Waals surface area contributed by atoms with Gasteiger partial charge in [-0.25, -0.2) is 15.0 Å². The third-order valence-corrected chi connectivity index (χ3v) is 8.63. The zero-order valence-electron chi connectivity index (χ0n) is 24.7. The summed E-state index contributed by atoms with van der Waals surface area (Å²) in [5.74, 6) is 0.668. The summed E-state index contributed by atoms with van der Waals surface area (Å²) in [6.45, 7) is 4.85. The molecular weight excluding hydrogens is 584 g/mol. The number of benzene rings is 1. The average Bonchev–Trinajstić information content (AvgIpc) is 3.35. The fourth-order valence-corrected chi connectivity index (χ4v) is 5.97. The molecule has 13 heteroatoms. The smallest absolute Gasteiger partial charge is 0.254 e. The fourth-order valence-electron chi connectivity index (χ4n) is 5.77. The summed E-state index contributed by atoms with van der Waals surface area (Å²) < 4.78 is 5.43. The quantitative estimate of drug-likeness (QED) is 0.327. The molecule has 6 rings (SSSR count). The van der Waals surface area contributed by atoms with Crippen LogP contribution in [0.3, 0.4) is 0 Å². The number of nitrogens with one attached hydrogen (secondary N) is 2. The molecule has 1 aromatic carbocycles. The number of hydrogen-bond acceptors (Lipinski definition) is 10. The third kappa shape index (κ3) is 6.78. The number of aliphatic hydroxyl groups is 1. The van der Waals surface area contributed by atoms with Crippen LogP contribution >= 0.6 is 11.6 Å². The number of amides is 2. The van der Waals surface area contributed by atoms with E-state index in [9.17, 15) is 14.7 Å². The van der Waals surface area contributed by atoms with Crippen molar-refractivity contribution in [2.24, 2.45) is 0 Å². The first-order valence-corrected chi connectivity index (χ1v) is 15.4. The number of carbonyl (C=O) groups excluding carboxylic acids is 2. The van der Waals surface area contributed by atoms with Gasteiger partial charge in [0.1, 0.15) is 12.4 Å². The SMILES string of the molecule is CN1CCN(c2cccc([C@@H](CO)NC(=O)CN3Cc4ccc(-c5nc(NC6CCOCC6)ncc5Cl)cc4C3=O)n2)CC1. The van der Waals surface area contributed by atoms with Crippen molar-refractivity contribution in [3.8, 4) is 11.3 Å². The molecule has 3 aliphatic rings. The molecule has 0 radical (unpaired) electrons. The van der Waals surface area contributed by atoms with Gasteiger partial charge in [0.15, 0.2) is 0 Å². The zero-order valence-corrected chi connectivity index (χ0v) is 25.5. The molecule has 3 aliphatic heterocycles. The Morgan fingerprint density at radius 1 is 1.14 bits per heavy atom. The van der Waals surface area contributed by atoms with Crippen molar-refractivity contribution >= 4 is 35.2 Å². The van der Waals surface area contributed by atoms with Gasteiger partial charge in [-0.3, -0.25) is 9.59 Å². The first-order valence-electron chi connectivity index (χ1n) is 15.0. The number of carbonyl (C=O) groups is 2. The first-order chi connectivity index (χ1) is 21.4. The van der Waals surface area contributed by atoms with Crippen LogP contribution in [0.1, 0.15) is 40.5 Å². The predicted molar refractivity (Wildman–Crippen MR) is 167 cm³/mol. The van der Waals surface area contributed by atoms with Crippen molar-refractivity contribution in [1.29, 1.82) is 0 Å². The molecule has 3 N–H and O–H groups in total. The lowest BCUT2D eigenvalue weighted by atomic mass is 10.0. The topological polar surface area (TPSA) is 136 Å². The first kappa shape index (κ1) is 30.2. The maximum atomic E-state index is 13.4. The second-order valence-corrected chi connectivity index (χ2v) is 11.9. The van der Waals surface area contributed by atoms with Crippen LogP contribution in [-0.4, -0.2) is 107 Å². The number of pyridine rings is 1. The molecule has 44 heavy (non-hydrogen) atoms. The van der Waals surface area contributed by atoms with Crippen LogP contribution in [0, 0.1) is 0 Å². The number of nitrogens with zero attached hydrogens (tertiary/aromatic N) is 6. The van der Waals surface area contributed by atoms with Gasteiger partial charge in [0.05, 0.1) is 35.3 Å². The van der Waals surface area contributed by atoms with Crippen LogP contribution in [0.15, 0.2) is 42.6 Å². The van der Waals surface area contributed by atoms with Crippen molar-refractivity contribution in [3.63, 3.8) is 0 Å². The highest BCUT2D eigenvalue weighted by molar-refractivity contribution is 6.33. The summed E-state index contributed by atoms with van der Waals surface area (Å²) in [5, 5.41) is 16.7. The Morgan fingerprint density at radius 3 is 2.70 bits per heavy atom. The van der Waals surface area contributed by atoms with Gasteiger partial charge in [0.25, 0.3) is 5.91 Å². The number of ether oxygens (including phenoxy) is 1. The summed E-state index contributed by atoms with van der Waals surface area (Å²) in [6, 6.07) is 10.7. The van der Waals surface area contributed by atoms with E-state index in [1.165, 1.54) is 4.90 Å². The van der Waals surface area contributed by atoms with Crippen molar-refractivity contribution in [2.45, 2.75) is 31.5 Å². The third-order valence-electron chi connectivity index (χ3n) is 8.35. The second-order valence-electron chi connectivity index (χ2n) is 11.5. The monoisotopic (exact) mass is 620 g/mol. The van der Waals surface area contributed by atoms with Crippen LogP contribution < -0.4 is 15.5 Å². The van der Waals surface area contributed by atoms with Crippen LogP contribution in [0.4, 0.5) is 11.8 Å². The van der Waals surface area contributed by atoms with E-state index < -0.39 is 6.04 Å². The molecule has 1 atom stereocenters. The van der Waals surface area contributed by atoms with Crippen LogP contribution in [-0.2, 0) is 16.1 Å². The van der Waals surface area contributed by atoms with E-state index in [0.717, 1.165) is 50.4 Å². The number of rotatable bonds is 9. The Morgan fingerprint density at radius 2 is 1.93 bits per heavy atom. The van der Waals surface area contributed by atoms with E-state index in [1.54, 1.807) is 18.3 Å². The van der Waals surface area contributed by atoms with Gasteiger partial charge in [-0.15, -0.1) is 0 Å². The molecular formula is C31H37ClN8O4. The van der Waals surface area contributed by atoms with Gasteiger partial charge < -0.3 is 35.2 Å². The Kier molecular flexibility index (Phi) is 9.22. The largest absolute Gasteiger partial charge is 0.394 e. The number of aromatic nitrogens is 3. The molecule has 0 bridgehead atoms.